The molecule has 0 aliphatic rings. The van der Waals surface area contributed by atoms with E-state index in [2.05, 4.69) is 21.2 Å². The van der Waals surface area contributed by atoms with Gasteiger partial charge in [-0.25, -0.2) is 0 Å². The summed E-state index contributed by atoms with van der Waals surface area (Å²) < 4.78 is 6.56. The van der Waals surface area contributed by atoms with Gasteiger partial charge in [0.15, 0.2) is 0 Å². The second-order valence-corrected chi connectivity index (χ2v) is 6.03. The van der Waals surface area contributed by atoms with E-state index in [-0.39, 0.29) is 5.91 Å². The van der Waals surface area contributed by atoms with Crippen molar-refractivity contribution in [1.82, 2.24) is 5.32 Å². The van der Waals surface area contributed by atoms with Crippen LogP contribution >= 0.6 is 15.9 Å². The second-order valence-electron chi connectivity index (χ2n) is 5.11. The smallest absolute Gasteiger partial charge is 0.220 e. The number of hydrogen-bond donors (Lipinski definition) is 2. The van der Waals surface area contributed by atoms with Gasteiger partial charge in [0, 0.05) is 17.4 Å². The summed E-state index contributed by atoms with van der Waals surface area (Å²) in [5, 5.41) is 12.9. The van der Waals surface area contributed by atoms with Gasteiger partial charge in [0.25, 0.3) is 0 Å². The van der Waals surface area contributed by atoms with Crippen LogP contribution in [0.4, 0.5) is 0 Å². The van der Waals surface area contributed by atoms with E-state index in [0.717, 1.165) is 10.2 Å². The molecule has 5 heteroatoms. The van der Waals surface area contributed by atoms with E-state index in [1.165, 1.54) is 0 Å². The van der Waals surface area contributed by atoms with Crippen LogP contribution < -0.4 is 10.1 Å². The molecule has 0 spiro atoms. The Bertz CT molecular complexity index is 430. The highest BCUT2D eigenvalue weighted by atomic mass is 79.9. The van der Waals surface area contributed by atoms with Crippen molar-refractivity contribution in [1.29, 1.82) is 0 Å². The van der Waals surface area contributed by atoms with Crippen molar-refractivity contribution >= 4 is 21.8 Å². The third-order valence-corrected chi connectivity index (χ3v) is 4.09. The quantitative estimate of drug-likeness (QED) is 0.666. The second kappa shape index (κ2) is 9.05. The Hall–Kier alpha value is -1.07. The van der Waals surface area contributed by atoms with Gasteiger partial charge in [-0.1, -0.05) is 29.8 Å². The van der Waals surface area contributed by atoms with Crippen LogP contribution in [0.25, 0.3) is 0 Å². The summed E-state index contributed by atoms with van der Waals surface area (Å²) in [4.78, 5) is 11.7. The molecule has 4 nitrogen and oxygen atoms in total. The average molecular weight is 358 g/mol. The normalized spacial score (nSPS) is 11.2. The topological polar surface area (TPSA) is 58.6 Å². The van der Waals surface area contributed by atoms with E-state index in [9.17, 15) is 9.90 Å². The molecule has 0 bridgehead atoms. The van der Waals surface area contributed by atoms with Crippen molar-refractivity contribution in [2.45, 2.75) is 45.1 Å². The summed E-state index contributed by atoms with van der Waals surface area (Å²) in [7, 11) is 0. The number of amides is 1. The first-order chi connectivity index (χ1) is 9.99. The number of nitrogens with one attached hydrogen (secondary N) is 1. The predicted molar refractivity (Wildman–Crippen MR) is 87.4 cm³/mol. The average Bonchev–Trinajstić information content (AvgIpc) is 2.51. The van der Waals surface area contributed by atoms with Crippen LogP contribution in [-0.4, -0.2) is 29.8 Å². The highest BCUT2D eigenvalue weighted by molar-refractivity contribution is 9.10. The Morgan fingerprint density at radius 3 is 2.48 bits per heavy atom. The van der Waals surface area contributed by atoms with E-state index in [0.29, 0.717) is 38.8 Å². The summed E-state index contributed by atoms with van der Waals surface area (Å²) >= 11 is 3.36. The third-order valence-electron chi connectivity index (χ3n) is 3.56. The standard InChI is InChI=1S/C16H24BrNO3/c1-3-16(20,4-2)12-18-15(19)6-5-11-21-14-9-7-13(17)8-10-14/h7-10,20H,3-6,11-12H2,1-2H3,(H,18,19). The number of halogens is 1. The number of ether oxygens (including phenoxy) is 1. The van der Waals surface area contributed by atoms with Gasteiger partial charge >= 0.3 is 0 Å². The molecular formula is C16H24BrNO3. The summed E-state index contributed by atoms with van der Waals surface area (Å²) in [5.41, 5.74) is -0.788. The Labute approximate surface area is 135 Å². The minimum Gasteiger partial charge on any atom is -0.494 e. The van der Waals surface area contributed by atoms with E-state index < -0.39 is 5.60 Å². The third kappa shape index (κ3) is 6.96. The molecule has 1 aromatic rings. The Kier molecular flexibility index (Phi) is 7.75. The van der Waals surface area contributed by atoms with Crippen molar-refractivity contribution < 1.29 is 14.6 Å². The van der Waals surface area contributed by atoms with Gasteiger partial charge in [-0.2, -0.15) is 0 Å². The van der Waals surface area contributed by atoms with Gasteiger partial charge in [-0.3, -0.25) is 4.79 Å². The molecule has 0 aliphatic heterocycles. The van der Waals surface area contributed by atoms with Gasteiger partial charge in [0.1, 0.15) is 5.75 Å². The molecule has 2 N–H and O–H groups in total. The monoisotopic (exact) mass is 357 g/mol. The van der Waals surface area contributed by atoms with Gasteiger partial charge < -0.3 is 15.2 Å². The molecule has 0 fully saturated rings. The summed E-state index contributed by atoms with van der Waals surface area (Å²) in [6, 6.07) is 7.59. The molecule has 0 aromatic heterocycles. The lowest BCUT2D eigenvalue weighted by Crippen LogP contribution is -2.42. The lowest BCUT2D eigenvalue weighted by molar-refractivity contribution is -0.122. The van der Waals surface area contributed by atoms with Gasteiger partial charge in [-0.05, 0) is 43.5 Å². The minimum atomic E-state index is -0.788. The maximum absolute atomic E-state index is 11.7. The van der Waals surface area contributed by atoms with Crippen LogP contribution in [0.5, 0.6) is 5.75 Å². The van der Waals surface area contributed by atoms with Gasteiger partial charge in [0.05, 0.1) is 12.2 Å². The zero-order chi connectivity index (χ0) is 15.7. The number of carbonyl (C=O) groups excluding carboxylic acids is 1. The maximum Gasteiger partial charge on any atom is 0.220 e. The zero-order valence-electron chi connectivity index (χ0n) is 12.7. The molecule has 1 amide bonds. The Morgan fingerprint density at radius 1 is 1.29 bits per heavy atom. The van der Waals surface area contributed by atoms with Crippen LogP contribution in [0.15, 0.2) is 28.7 Å². The molecule has 0 unspecified atom stereocenters. The van der Waals surface area contributed by atoms with Crippen molar-refractivity contribution in [2.24, 2.45) is 0 Å². The molecule has 118 valence electrons. The molecule has 0 atom stereocenters. The minimum absolute atomic E-state index is 0.0465. The molecule has 0 radical (unpaired) electrons. The number of rotatable bonds is 9. The largest absolute Gasteiger partial charge is 0.494 e. The van der Waals surface area contributed by atoms with Crippen LogP contribution in [0.1, 0.15) is 39.5 Å². The molecule has 1 rings (SSSR count). The summed E-state index contributed by atoms with van der Waals surface area (Å²) in [6.07, 6.45) is 2.32. The molecule has 0 saturated carbocycles. The number of aliphatic hydroxyl groups is 1. The molecule has 0 heterocycles. The fourth-order valence-corrected chi connectivity index (χ4v) is 2.07. The Morgan fingerprint density at radius 2 is 1.90 bits per heavy atom. The van der Waals surface area contributed by atoms with E-state index in [4.69, 9.17) is 4.74 Å². The fourth-order valence-electron chi connectivity index (χ4n) is 1.81. The van der Waals surface area contributed by atoms with Crippen LogP contribution in [0, 0.1) is 0 Å². The first-order valence-electron chi connectivity index (χ1n) is 7.36. The first kappa shape index (κ1) is 18.0. The maximum atomic E-state index is 11.7. The Balaban J connectivity index is 2.17. The molecule has 0 aliphatic carbocycles. The summed E-state index contributed by atoms with van der Waals surface area (Å²) in [5.74, 6) is 0.750. The SMILES string of the molecule is CCC(O)(CC)CNC(=O)CCCOc1ccc(Br)cc1. The number of benzene rings is 1. The van der Waals surface area contributed by atoms with E-state index >= 15 is 0 Å². The lowest BCUT2D eigenvalue weighted by atomic mass is 9.97. The molecular weight excluding hydrogens is 334 g/mol. The highest BCUT2D eigenvalue weighted by Crippen LogP contribution is 2.16. The van der Waals surface area contributed by atoms with Crippen molar-refractivity contribution in [3.8, 4) is 5.75 Å². The highest BCUT2D eigenvalue weighted by Gasteiger charge is 2.22. The van der Waals surface area contributed by atoms with Gasteiger partial charge in [0.2, 0.25) is 5.91 Å². The van der Waals surface area contributed by atoms with Crippen LogP contribution in [0.2, 0.25) is 0 Å². The number of carbonyl (C=O) groups is 1. The number of hydrogen-bond acceptors (Lipinski definition) is 3. The first-order valence-corrected chi connectivity index (χ1v) is 8.16. The van der Waals surface area contributed by atoms with Crippen molar-refractivity contribution in [3.05, 3.63) is 28.7 Å². The molecule has 0 saturated heterocycles. The van der Waals surface area contributed by atoms with E-state index in [1.807, 2.05) is 38.1 Å². The van der Waals surface area contributed by atoms with Crippen molar-refractivity contribution in [2.75, 3.05) is 13.2 Å². The molecule has 21 heavy (non-hydrogen) atoms. The zero-order valence-corrected chi connectivity index (χ0v) is 14.3. The van der Waals surface area contributed by atoms with E-state index in [1.54, 1.807) is 0 Å². The van der Waals surface area contributed by atoms with Gasteiger partial charge in [-0.15, -0.1) is 0 Å². The fraction of sp³-hybridized carbons (Fsp3) is 0.562. The van der Waals surface area contributed by atoms with Crippen molar-refractivity contribution in [3.63, 3.8) is 0 Å². The summed E-state index contributed by atoms with van der Waals surface area (Å²) in [6.45, 7) is 4.65. The predicted octanol–water partition coefficient (Wildman–Crippen LogP) is 3.28. The molecule has 1 aromatic carbocycles. The van der Waals surface area contributed by atoms with Crippen LogP contribution in [-0.2, 0) is 4.79 Å². The lowest BCUT2D eigenvalue weighted by Gasteiger charge is -2.25. The van der Waals surface area contributed by atoms with Crippen LogP contribution in [0.3, 0.4) is 0 Å².